The van der Waals surface area contributed by atoms with E-state index in [0.717, 1.165) is 5.56 Å². The maximum absolute atomic E-state index is 13.1. The molecule has 0 spiro atoms. The molecule has 0 fully saturated rings. The number of carbonyl (C=O) groups is 2. The van der Waals surface area contributed by atoms with Crippen LogP contribution in [0.3, 0.4) is 0 Å². The molecule has 0 aliphatic rings. The first-order valence-corrected chi connectivity index (χ1v) is 10.2. The molecular weight excluding hydrogens is 409 g/mol. The van der Waals surface area contributed by atoms with Gasteiger partial charge in [0, 0.05) is 17.3 Å². The molecule has 7 heteroatoms. The van der Waals surface area contributed by atoms with Crippen molar-refractivity contribution in [2.75, 3.05) is 17.7 Å². The van der Waals surface area contributed by atoms with Crippen molar-refractivity contribution >= 4 is 23.2 Å². The van der Waals surface area contributed by atoms with E-state index in [9.17, 15) is 14.0 Å². The number of nitrogens with one attached hydrogen (secondary N) is 3. The largest absolute Gasteiger partial charge is 0.495 e. The molecule has 3 rings (SSSR count). The molecule has 0 saturated carbocycles. The summed E-state index contributed by atoms with van der Waals surface area (Å²) in [5.74, 6) is -0.228. The molecule has 0 bridgehead atoms. The van der Waals surface area contributed by atoms with Gasteiger partial charge in [-0.1, -0.05) is 24.3 Å². The summed E-state index contributed by atoms with van der Waals surface area (Å²) >= 11 is 0. The van der Waals surface area contributed by atoms with Crippen LogP contribution < -0.4 is 20.7 Å². The fraction of sp³-hybridized carbons (Fsp3) is 0.200. The molecule has 0 aromatic heterocycles. The van der Waals surface area contributed by atoms with E-state index >= 15 is 0 Å². The molecule has 0 aliphatic carbocycles. The van der Waals surface area contributed by atoms with Gasteiger partial charge in [0.05, 0.1) is 18.8 Å². The zero-order chi connectivity index (χ0) is 23.1. The summed E-state index contributed by atoms with van der Waals surface area (Å²) in [5, 5.41) is 8.83. The van der Waals surface area contributed by atoms with Crippen LogP contribution in [0.4, 0.5) is 15.8 Å². The van der Waals surface area contributed by atoms with Crippen molar-refractivity contribution in [3.8, 4) is 5.75 Å². The van der Waals surface area contributed by atoms with Crippen molar-refractivity contribution in [2.45, 2.75) is 25.9 Å². The first-order chi connectivity index (χ1) is 15.4. The van der Waals surface area contributed by atoms with Crippen LogP contribution in [0.2, 0.25) is 0 Å². The average molecular weight is 435 g/mol. The van der Waals surface area contributed by atoms with Crippen LogP contribution in [-0.2, 0) is 4.79 Å². The highest BCUT2D eigenvalue weighted by Gasteiger charge is 2.17. The zero-order valence-electron chi connectivity index (χ0n) is 18.2. The second kappa shape index (κ2) is 10.5. The van der Waals surface area contributed by atoms with Gasteiger partial charge in [0.25, 0.3) is 5.91 Å². The molecule has 2 amide bonds. The van der Waals surface area contributed by atoms with Gasteiger partial charge in [-0.2, -0.15) is 0 Å². The van der Waals surface area contributed by atoms with Crippen molar-refractivity contribution in [1.82, 2.24) is 5.32 Å². The summed E-state index contributed by atoms with van der Waals surface area (Å²) in [4.78, 5) is 25.1. The second-order valence-corrected chi connectivity index (χ2v) is 7.38. The smallest absolute Gasteiger partial charge is 0.255 e. The molecule has 166 valence electrons. The van der Waals surface area contributed by atoms with E-state index in [2.05, 4.69) is 16.0 Å². The Balaban J connectivity index is 1.56. The van der Waals surface area contributed by atoms with Crippen LogP contribution in [0.25, 0.3) is 0 Å². The van der Waals surface area contributed by atoms with E-state index in [1.165, 1.54) is 12.1 Å². The lowest BCUT2D eigenvalue weighted by atomic mass is 10.1. The van der Waals surface area contributed by atoms with Crippen LogP contribution in [0, 0.1) is 5.82 Å². The third-order valence-corrected chi connectivity index (χ3v) is 5.03. The fourth-order valence-corrected chi connectivity index (χ4v) is 3.20. The lowest BCUT2D eigenvalue weighted by Gasteiger charge is -2.20. The Morgan fingerprint density at radius 3 is 2.19 bits per heavy atom. The number of amides is 2. The zero-order valence-corrected chi connectivity index (χ0v) is 18.2. The van der Waals surface area contributed by atoms with Gasteiger partial charge in [0.2, 0.25) is 5.91 Å². The molecule has 3 N–H and O–H groups in total. The quantitative estimate of drug-likeness (QED) is 0.476. The molecule has 2 unspecified atom stereocenters. The molecule has 32 heavy (non-hydrogen) atoms. The van der Waals surface area contributed by atoms with E-state index in [-0.39, 0.29) is 23.7 Å². The molecule has 6 nitrogen and oxygen atoms in total. The van der Waals surface area contributed by atoms with Gasteiger partial charge in [-0.25, -0.2) is 4.39 Å². The van der Waals surface area contributed by atoms with Gasteiger partial charge in [-0.3, -0.25) is 14.9 Å². The minimum absolute atomic E-state index is 0.127. The summed E-state index contributed by atoms with van der Waals surface area (Å²) in [6, 6.07) is 19.3. The number of methoxy groups -OCH3 is 1. The Labute approximate surface area is 186 Å². The monoisotopic (exact) mass is 435 g/mol. The van der Waals surface area contributed by atoms with Gasteiger partial charge < -0.3 is 15.4 Å². The fourth-order valence-electron chi connectivity index (χ4n) is 3.20. The van der Waals surface area contributed by atoms with Gasteiger partial charge in [-0.15, -0.1) is 0 Å². The number of hydrogen-bond donors (Lipinski definition) is 3. The van der Waals surface area contributed by atoms with E-state index in [0.29, 0.717) is 22.7 Å². The third kappa shape index (κ3) is 5.92. The number of benzene rings is 3. The number of para-hydroxylation sites is 2. The Morgan fingerprint density at radius 1 is 0.875 bits per heavy atom. The molecule has 3 aromatic carbocycles. The average Bonchev–Trinajstić information content (AvgIpc) is 2.80. The minimum atomic E-state index is -0.483. The van der Waals surface area contributed by atoms with Crippen LogP contribution in [0.15, 0.2) is 72.8 Å². The highest BCUT2D eigenvalue weighted by molar-refractivity contribution is 6.05. The number of carbonyl (C=O) groups excluding carboxylic acids is 2. The minimum Gasteiger partial charge on any atom is -0.495 e. The summed E-state index contributed by atoms with van der Waals surface area (Å²) in [5.41, 5.74) is 2.49. The number of halogens is 1. The van der Waals surface area contributed by atoms with Gasteiger partial charge >= 0.3 is 0 Å². The molecule has 3 aromatic rings. The highest BCUT2D eigenvalue weighted by atomic mass is 19.1. The predicted octanol–water partition coefficient (Wildman–Crippen LogP) is 4.76. The van der Waals surface area contributed by atoms with Crippen LogP contribution in [0.5, 0.6) is 5.75 Å². The summed E-state index contributed by atoms with van der Waals surface area (Å²) in [6.45, 7) is 3.66. The van der Waals surface area contributed by atoms with E-state index in [4.69, 9.17) is 4.74 Å². The number of ether oxygens (including phenoxy) is 1. The Kier molecular flexibility index (Phi) is 7.57. The Bertz CT molecular complexity index is 1070. The molecule has 0 radical (unpaired) electrons. The SMILES string of the molecule is COc1ccccc1NC(=O)c1ccc(NC(=O)C(C)NC(C)c2ccc(F)cc2)cc1. The van der Waals surface area contributed by atoms with E-state index in [1.807, 2.05) is 19.1 Å². The van der Waals surface area contributed by atoms with E-state index in [1.54, 1.807) is 62.6 Å². The van der Waals surface area contributed by atoms with Gasteiger partial charge in [0.15, 0.2) is 0 Å². The maximum Gasteiger partial charge on any atom is 0.255 e. The van der Waals surface area contributed by atoms with Crippen molar-refractivity contribution in [3.05, 3.63) is 89.7 Å². The van der Waals surface area contributed by atoms with Gasteiger partial charge in [0.1, 0.15) is 11.6 Å². The highest BCUT2D eigenvalue weighted by Crippen LogP contribution is 2.24. The summed E-state index contributed by atoms with van der Waals surface area (Å²) < 4.78 is 18.3. The number of anilines is 2. The second-order valence-electron chi connectivity index (χ2n) is 7.38. The number of hydrogen-bond acceptors (Lipinski definition) is 4. The van der Waals surface area contributed by atoms with Crippen molar-refractivity contribution in [1.29, 1.82) is 0 Å². The molecule has 2 atom stereocenters. The lowest BCUT2D eigenvalue weighted by molar-refractivity contribution is -0.117. The summed E-state index contributed by atoms with van der Waals surface area (Å²) in [7, 11) is 1.54. The number of rotatable bonds is 8. The van der Waals surface area contributed by atoms with Crippen molar-refractivity contribution in [3.63, 3.8) is 0 Å². The Hall–Kier alpha value is -3.71. The predicted molar refractivity (Wildman–Crippen MR) is 123 cm³/mol. The topological polar surface area (TPSA) is 79.5 Å². The standard InChI is InChI=1S/C25H26FN3O3/c1-16(18-8-12-20(26)13-9-18)27-17(2)24(30)28-21-14-10-19(11-15-21)25(31)29-22-6-4-5-7-23(22)32-3/h4-17,27H,1-3H3,(H,28,30)(H,29,31). The van der Waals surface area contributed by atoms with Crippen molar-refractivity contribution in [2.24, 2.45) is 0 Å². The molecular formula is C25H26FN3O3. The molecule has 0 saturated heterocycles. The first-order valence-electron chi connectivity index (χ1n) is 10.2. The van der Waals surface area contributed by atoms with Crippen LogP contribution in [-0.4, -0.2) is 25.0 Å². The first kappa shape index (κ1) is 23.0. The normalized spacial score (nSPS) is 12.5. The Morgan fingerprint density at radius 2 is 1.53 bits per heavy atom. The summed E-state index contributed by atoms with van der Waals surface area (Å²) in [6.07, 6.45) is 0. The van der Waals surface area contributed by atoms with Gasteiger partial charge in [-0.05, 0) is 67.9 Å². The third-order valence-electron chi connectivity index (χ3n) is 5.03. The lowest BCUT2D eigenvalue weighted by Crippen LogP contribution is -2.39. The molecule has 0 aliphatic heterocycles. The van der Waals surface area contributed by atoms with Crippen molar-refractivity contribution < 1.29 is 18.7 Å². The molecule has 0 heterocycles. The van der Waals surface area contributed by atoms with Crippen LogP contribution >= 0.6 is 0 Å². The maximum atomic E-state index is 13.1. The van der Waals surface area contributed by atoms with E-state index < -0.39 is 6.04 Å². The van der Waals surface area contributed by atoms with Crippen LogP contribution in [0.1, 0.15) is 35.8 Å².